The highest BCUT2D eigenvalue weighted by Crippen LogP contribution is 2.07. The van der Waals surface area contributed by atoms with Crippen LogP contribution in [0.15, 0.2) is 30.3 Å². The molecule has 4 heteroatoms. The third kappa shape index (κ3) is 4.00. The summed E-state index contributed by atoms with van der Waals surface area (Å²) < 4.78 is 18.9. The van der Waals surface area contributed by atoms with Crippen LogP contribution in [0.1, 0.15) is 18.4 Å². The van der Waals surface area contributed by atoms with Crippen molar-refractivity contribution in [2.45, 2.75) is 24.7 Å². The molecule has 0 aliphatic carbocycles. The molecular formula is C10H14O3S. The number of rotatable bonds is 5. The first-order valence-corrected chi connectivity index (χ1v) is 5.69. The second kappa shape index (κ2) is 5.90. The van der Waals surface area contributed by atoms with Crippen molar-refractivity contribution in [2.24, 2.45) is 0 Å². The Labute approximate surface area is 86.1 Å². The largest absolute Gasteiger partial charge is 0.377 e. The van der Waals surface area contributed by atoms with E-state index in [4.69, 9.17) is 9.66 Å². The van der Waals surface area contributed by atoms with E-state index in [1.165, 1.54) is 5.56 Å². The Balaban J connectivity index is 2.26. The van der Waals surface area contributed by atoms with Crippen LogP contribution in [-0.2, 0) is 17.5 Å². The van der Waals surface area contributed by atoms with Crippen LogP contribution in [0.3, 0.4) is 0 Å². The molecule has 14 heavy (non-hydrogen) atoms. The Morgan fingerprint density at radius 1 is 1.29 bits per heavy atom. The van der Waals surface area contributed by atoms with Crippen molar-refractivity contribution in [1.82, 2.24) is 0 Å². The van der Waals surface area contributed by atoms with Crippen LogP contribution >= 0.6 is 0 Å². The monoisotopic (exact) mass is 214 g/mol. The van der Waals surface area contributed by atoms with Crippen molar-refractivity contribution in [1.29, 1.82) is 0 Å². The molecule has 1 rings (SSSR count). The number of hydrogen-bond acceptors (Lipinski definition) is 2. The second-order valence-corrected chi connectivity index (χ2v) is 4.21. The summed E-state index contributed by atoms with van der Waals surface area (Å²) in [6.45, 7) is 0. The van der Waals surface area contributed by atoms with Crippen molar-refractivity contribution >= 4 is 11.1 Å². The quantitative estimate of drug-likeness (QED) is 0.731. The van der Waals surface area contributed by atoms with Crippen LogP contribution in [0.25, 0.3) is 0 Å². The van der Waals surface area contributed by atoms with Gasteiger partial charge in [0.2, 0.25) is 0 Å². The average Bonchev–Trinajstić information content (AvgIpc) is 2.19. The third-order valence-corrected chi connectivity index (χ3v) is 2.69. The van der Waals surface area contributed by atoms with E-state index in [0.29, 0.717) is 6.42 Å². The number of aryl methyl sites for hydroxylation is 1. The summed E-state index contributed by atoms with van der Waals surface area (Å²) in [5.74, 6) is 0. The van der Waals surface area contributed by atoms with Crippen molar-refractivity contribution in [2.75, 3.05) is 0 Å². The van der Waals surface area contributed by atoms with Gasteiger partial charge in [-0.1, -0.05) is 30.3 Å². The van der Waals surface area contributed by atoms with Gasteiger partial charge in [0, 0.05) is 0 Å². The molecule has 0 spiro atoms. The molecule has 78 valence electrons. The molecule has 0 fully saturated rings. The molecule has 1 aromatic carbocycles. The minimum Gasteiger partial charge on any atom is -0.377 e. The van der Waals surface area contributed by atoms with Crippen LogP contribution in [-0.4, -0.2) is 19.3 Å². The van der Waals surface area contributed by atoms with E-state index in [-0.39, 0.29) is 0 Å². The van der Waals surface area contributed by atoms with E-state index in [2.05, 4.69) is 0 Å². The lowest BCUT2D eigenvalue weighted by Gasteiger charge is -2.05. The third-order valence-electron chi connectivity index (χ3n) is 1.99. The number of hydrogen-bond donors (Lipinski definition) is 2. The fourth-order valence-corrected chi connectivity index (χ4v) is 1.59. The summed E-state index contributed by atoms with van der Waals surface area (Å²) in [5, 5.41) is 9.05. The minimum atomic E-state index is -2.11. The zero-order valence-electron chi connectivity index (χ0n) is 7.80. The molecule has 0 heterocycles. The molecule has 0 aliphatic rings. The van der Waals surface area contributed by atoms with Gasteiger partial charge in [-0.2, -0.15) is 0 Å². The fourth-order valence-electron chi connectivity index (χ4n) is 1.23. The lowest BCUT2D eigenvalue weighted by Crippen LogP contribution is -2.13. The molecule has 2 atom stereocenters. The summed E-state index contributed by atoms with van der Waals surface area (Å²) in [6, 6.07) is 9.86. The topological polar surface area (TPSA) is 57.5 Å². The lowest BCUT2D eigenvalue weighted by molar-refractivity contribution is 0.232. The summed E-state index contributed by atoms with van der Waals surface area (Å²) in [5.41, 5.74) is 0.0714. The Kier molecular flexibility index (Phi) is 4.79. The average molecular weight is 214 g/mol. The Bertz CT molecular complexity index is 287. The fraction of sp³-hybridized carbons (Fsp3) is 0.400. The first kappa shape index (κ1) is 11.4. The maximum absolute atomic E-state index is 10.4. The Morgan fingerprint density at radius 3 is 2.50 bits per heavy atom. The number of aliphatic hydroxyl groups excluding tert-OH is 1. The van der Waals surface area contributed by atoms with Crippen molar-refractivity contribution in [3.8, 4) is 0 Å². The smallest absolute Gasteiger partial charge is 0.182 e. The van der Waals surface area contributed by atoms with Crippen LogP contribution in [0.2, 0.25) is 0 Å². The zero-order chi connectivity index (χ0) is 10.4. The molecule has 1 aromatic rings. The van der Waals surface area contributed by atoms with Crippen molar-refractivity contribution in [3.63, 3.8) is 0 Å². The van der Waals surface area contributed by atoms with Gasteiger partial charge in [-0.05, 0) is 24.8 Å². The highest BCUT2D eigenvalue weighted by Gasteiger charge is 2.09. The molecular weight excluding hydrogens is 200 g/mol. The van der Waals surface area contributed by atoms with Gasteiger partial charge < -0.3 is 9.66 Å². The summed E-state index contributed by atoms with van der Waals surface area (Å²) >= 11 is -2.11. The number of aliphatic hydroxyl groups is 1. The maximum atomic E-state index is 10.4. The molecule has 0 aliphatic heterocycles. The predicted molar refractivity (Wildman–Crippen MR) is 56.2 cm³/mol. The lowest BCUT2D eigenvalue weighted by atomic mass is 10.1. The van der Waals surface area contributed by atoms with Gasteiger partial charge in [-0.3, -0.25) is 0 Å². The van der Waals surface area contributed by atoms with Gasteiger partial charge >= 0.3 is 0 Å². The van der Waals surface area contributed by atoms with E-state index in [9.17, 15) is 4.21 Å². The highest BCUT2D eigenvalue weighted by atomic mass is 32.2. The summed E-state index contributed by atoms with van der Waals surface area (Å²) in [6.07, 6.45) is 1.91. The molecule has 2 unspecified atom stereocenters. The van der Waals surface area contributed by atoms with E-state index in [1.807, 2.05) is 30.3 Å². The first-order valence-electron chi connectivity index (χ1n) is 4.52. The van der Waals surface area contributed by atoms with Crippen LogP contribution < -0.4 is 0 Å². The molecule has 0 saturated carbocycles. The van der Waals surface area contributed by atoms with Gasteiger partial charge in [0.05, 0.1) is 0 Å². The van der Waals surface area contributed by atoms with Gasteiger partial charge in [0.15, 0.2) is 16.5 Å². The molecule has 0 aromatic heterocycles. The Morgan fingerprint density at radius 2 is 1.93 bits per heavy atom. The van der Waals surface area contributed by atoms with Crippen molar-refractivity contribution in [3.05, 3.63) is 35.9 Å². The van der Waals surface area contributed by atoms with E-state index in [0.717, 1.165) is 12.8 Å². The molecule has 0 radical (unpaired) electrons. The zero-order valence-corrected chi connectivity index (χ0v) is 8.61. The summed E-state index contributed by atoms with van der Waals surface area (Å²) in [4.78, 5) is 0. The van der Waals surface area contributed by atoms with E-state index >= 15 is 0 Å². The van der Waals surface area contributed by atoms with Crippen LogP contribution in [0.4, 0.5) is 0 Å². The normalized spacial score (nSPS) is 15.0. The van der Waals surface area contributed by atoms with E-state index < -0.39 is 16.5 Å². The van der Waals surface area contributed by atoms with Gasteiger partial charge in [-0.25, -0.2) is 4.21 Å². The second-order valence-electron chi connectivity index (χ2n) is 3.11. The van der Waals surface area contributed by atoms with Gasteiger partial charge in [0.25, 0.3) is 0 Å². The number of benzene rings is 1. The van der Waals surface area contributed by atoms with Crippen LogP contribution in [0.5, 0.6) is 0 Å². The van der Waals surface area contributed by atoms with E-state index in [1.54, 1.807) is 0 Å². The summed E-state index contributed by atoms with van der Waals surface area (Å²) in [7, 11) is 0. The van der Waals surface area contributed by atoms with Gasteiger partial charge in [-0.15, -0.1) is 0 Å². The highest BCUT2D eigenvalue weighted by molar-refractivity contribution is 7.79. The Hall–Kier alpha value is -0.710. The predicted octanol–water partition coefficient (Wildman–Crippen LogP) is 1.55. The first-order chi connectivity index (χ1) is 6.70. The standard InChI is InChI=1S/C10H14O3S/c11-10(14(12)13)8-4-7-9-5-2-1-3-6-9/h1-3,5-6,10-11H,4,7-8H2,(H,12,13). The van der Waals surface area contributed by atoms with Crippen molar-refractivity contribution < 1.29 is 13.9 Å². The van der Waals surface area contributed by atoms with Crippen LogP contribution in [0, 0.1) is 0 Å². The van der Waals surface area contributed by atoms with Gasteiger partial charge in [0.1, 0.15) is 0 Å². The minimum absolute atomic E-state index is 0.359. The molecule has 0 saturated heterocycles. The molecule has 0 bridgehead atoms. The molecule has 2 N–H and O–H groups in total. The maximum Gasteiger partial charge on any atom is 0.182 e. The molecule has 0 amide bonds. The molecule has 3 nitrogen and oxygen atoms in total. The SMILES string of the molecule is O=S(O)C(O)CCCc1ccccc1.